The largest absolute Gasteiger partial charge is 0.454 e. The summed E-state index contributed by atoms with van der Waals surface area (Å²) < 4.78 is 5.57. The van der Waals surface area contributed by atoms with Crippen LogP contribution in [0.1, 0.15) is 11.1 Å². The molecule has 0 saturated heterocycles. The first kappa shape index (κ1) is 11.5. The lowest BCUT2D eigenvalue weighted by Crippen LogP contribution is -1.94. The Kier molecular flexibility index (Phi) is 3.13. The molecule has 2 aromatic carbocycles. The zero-order valence-corrected chi connectivity index (χ0v) is 9.42. The lowest BCUT2D eigenvalue weighted by atomic mass is 10.2. The van der Waals surface area contributed by atoms with Crippen molar-refractivity contribution in [3.63, 3.8) is 0 Å². The van der Waals surface area contributed by atoms with Crippen molar-refractivity contribution in [2.45, 2.75) is 0 Å². The molecule has 2 rings (SSSR count). The maximum absolute atomic E-state index is 8.94. The van der Waals surface area contributed by atoms with Crippen molar-refractivity contribution in [3.8, 4) is 23.6 Å². The number of nitrogen functional groups attached to an aromatic ring is 1. The van der Waals surface area contributed by atoms with E-state index in [2.05, 4.69) is 0 Å². The number of nitriles is 2. The summed E-state index contributed by atoms with van der Waals surface area (Å²) in [5, 5.41) is 17.7. The summed E-state index contributed by atoms with van der Waals surface area (Å²) in [6.07, 6.45) is 0. The molecule has 0 atom stereocenters. The van der Waals surface area contributed by atoms with Crippen LogP contribution in [-0.2, 0) is 0 Å². The van der Waals surface area contributed by atoms with E-state index in [9.17, 15) is 0 Å². The van der Waals surface area contributed by atoms with Crippen molar-refractivity contribution < 1.29 is 4.74 Å². The van der Waals surface area contributed by atoms with E-state index >= 15 is 0 Å². The van der Waals surface area contributed by atoms with Gasteiger partial charge in [0.05, 0.1) is 22.9 Å². The quantitative estimate of drug-likeness (QED) is 0.811. The van der Waals surface area contributed by atoms with Crippen molar-refractivity contribution in [3.05, 3.63) is 53.6 Å². The number of rotatable bonds is 2. The molecule has 4 nitrogen and oxygen atoms in total. The van der Waals surface area contributed by atoms with Crippen LogP contribution in [0, 0.1) is 22.7 Å². The highest BCUT2D eigenvalue weighted by Gasteiger charge is 2.06. The molecule has 0 saturated carbocycles. The van der Waals surface area contributed by atoms with Crippen molar-refractivity contribution in [1.29, 1.82) is 10.5 Å². The van der Waals surface area contributed by atoms with Gasteiger partial charge >= 0.3 is 0 Å². The van der Waals surface area contributed by atoms with Crippen LogP contribution in [0.4, 0.5) is 5.69 Å². The van der Waals surface area contributed by atoms with Gasteiger partial charge in [-0.25, -0.2) is 0 Å². The molecule has 0 heterocycles. The highest BCUT2D eigenvalue weighted by molar-refractivity contribution is 5.58. The molecule has 86 valence electrons. The Bertz CT molecular complexity index is 665. The molecule has 0 aliphatic carbocycles. The minimum absolute atomic E-state index is 0.363. The van der Waals surface area contributed by atoms with Gasteiger partial charge in [-0.05, 0) is 30.3 Å². The maximum Gasteiger partial charge on any atom is 0.150 e. The number of anilines is 1. The minimum atomic E-state index is 0.363. The summed E-state index contributed by atoms with van der Waals surface area (Å²) >= 11 is 0. The molecule has 2 N–H and O–H groups in total. The number of hydrogen-bond acceptors (Lipinski definition) is 4. The normalized spacial score (nSPS) is 9.22. The third-order valence-electron chi connectivity index (χ3n) is 2.37. The Morgan fingerprint density at radius 3 is 2.39 bits per heavy atom. The molecule has 0 aliphatic heterocycles. The summed E-state index contributed by atoms with van der Waals surface area (Å²) in [5.41, 5.74) is 7.04. The Balaban J connectivity index is 2.36. The number of nitrogens with zero attached hydrogens (tertiary/aromatic N) is 2. The first-order valence-corrected chi connectivity index (χ1v) is 5.21. The van der Waals surface area contributed by atoms with Gasteiger partial charge in [0.1, 0.15) is 17.6 Å². The molecule has 4 heteroatoms. The number of benzene rings is 2. The number of hydrogen-bond donors (Lipinski definition) is 1. The van der Waals surface area contributed by atoms with Gasteiger partial charge < -0.3 is 10.5 Å². The number of para-hydroxylation sites is 1. The highest BCUT2D eigenvalue weighted by atomic mass is 16.5. The van der Waals surface area contributed by atoms with Gasteiger partial charge in [-0.15, -0.1) is 0 Å². The average Bonchev–Trinajstić information content (AvgIpc) is 2.41. The van der Waals surface area contributed by atoms with Crippen molar-refractivity contribution in [2.75, 3.05) is 5.73 Å². The van der Waals surface area contributed by atoms with E-state index in [1.165, 1.54) is 6.07 Å². The maximum atomic E-state index is 8.94. The third-order valence-corrected chi connectivity index (χ3v) is 2.37. The Morgan fingerprint density at radius 1 is 0.944 bits per heavy atom. The van der Waals surface area contributed by atoms with Crippen molar-refractivity contribution in [1.82, 2.24) is 0 Å². The summed E-state index contributed by atoms with van der Waals surface area (Å²) in [6.45, 7) is 0. The standard InChI is InChI=1S/C14H9N3O/c15-8-10-5-6-14(12(17)7-10)18-13-4-2-1-3-11(13)9-16/h1-7H,17H2. The van der Waals surface area contributed by atoms with E-state index in [1.807, 2.05) is 12.1 Å². The van der Waals surface area contributed by atoms with Gasteiger partial charge in [0, 0.05) is 0 Å². The zero-order chi connectivity index (χ0) is 13.0. The molecule has 0 aromatic heterocycles. The molecule has 0 bridgehead atoms. The Morgan fingerprint density at radius 2 is 1.72 bits per heavy atom. The van der Waals surface area contributed by atoms with Gasteiger partial charge in [0.2, 0.25) is 0 Å². The molecule has 18 heavy (non-hydrogen) atoms. The number of ether oxygens (including phenoxy) is 1. The van der Waals surface area contributed by atoms with Gasteiger partial charge in [-0.3, -0.25) is 0 Å². The Hall–Kier alpha value is -2.98. The summed E-state index contributed by atoms with van der Waals surface area (Å²) in [6, 6.07) is 15.7. The second-order valence-corrected chi connectivity index (χ2v) is 3.57. The van der Waals surface area contributed by atoms with Gasteiger partial charge in [0.15, 0.2) is 0 Å². The van der Waals surface area contributed by atoms with Gasteiger partial charge in [-0.1, -0.05) is 12.1 Å². The third kappa shape index (κ3) is 2.23. The first-order chi connectivity index (χ1) is 8.74. The second kappa shape index (κ2) is 4.90. The average molecular weight is 235 g/mol. The summed E-state index contributed by atoms with van der Waals surface area (Å²) in [5.74, 6) is 0.869. The summed E-state index contributed by atoms with van der Waals surface area (Å²) in [7, 11) is 0. The van der Waals surface area contributed by atoms with Crippen LogP contribution >= 0.6 is 0 Å². The van der Waals surface area contributed by atoms with Crippen LogP contribution in [0.25, 0.3) is 0 Å². The predicted octanol–water partition coefficient (Wildman–Crippen LogP) is 2.80. The predicted molar refractivity (Wildman–Crippen MR) is 66.8 cm³/mol. The molecular weight excluding hydrogens is 226 g/mol. The SMILES string of the molecule is N#Cc1ccc(Oc2ccccc2C#N)c(N)c1. The Labute approximate surface area is 104 Å². The fourth-order valence-electron chi connectivity index (χ4n) is 1.48. The van der Waals surface area contributed by atoms with Crippen molar-refractivity contribution >= 4 is 5.69 Å². The molecular formula is C14H9N3O. The monoisotopic (exact) mass is 235 g/mol. The molecule has 0 unspecified atom stereocenters. The molecule has 0 radical (unpaired) electrons. The smallest absolute Gasteiger partial charge is 0.150 e. The number of nitrogens with two attached hydrogens (primary N) is 1. The van der Waals surface area contributed by atoms with Crippen LogP contribution < -0.4 is 10.5 Å². The molecule has 2 aromatic rings. The van der Waals surface area contributed by atoms with Crippen LogP contribution in [-0.4, -0.2) is 0 Å². The van der Waals surface area contributed by atoms with Crippen LogP contribution in [0.3, 0.4) is 0 Å². The lowest BCUT2D eigenvalue weighted by molar-refractivity contribution is 0.483. The van der Waals surface area contributed by atoms with E-state index in [0.29, 0.717) is 28.3 Å². The second-order valence-electron chi connectivity index (χ2n) is 3.57. The van der Waals surface area contributed by atoms with Crippen LogP contribution in [0.15, 0.2) is 42.5 Å². The highest BCUT2D eigenvalue weighted by Crippen LogP contribution is 2.29. The van der Waals surface area contributed by atoms with Crippen LogP contribution in [0.5, 0.6) is 11.5 Å². The molecule has 0 spiro atoms. The lowest BCUT2D eigenvalue weighted by Gasteiger charge is -2.09. The molecule has 0 amide bonds. The van der Waals surface area contributed by atoms with Gasteiger partial charge in [0.25, 0.3) is 0 Å². The topological polar surface area (TPSA) is 82.8 Å². The fraction of sp³-hybridized carbons (Fsp3) is 0. The van der Waals surface area contributed by atoms with Crippen molar-refractivity contribution in [2.24, 2.45) is 0 Å². The van der Waals surface area contributed by atoms with Gasteiger partial charge in [-0.2, -0.15) is 10.5 Å². The van der Waals surface area contributed by atoms with E-state index in [-0.39, 0.29) is 0 Å². The zero-order valence-electron chi connectivity index (χ0n) is 9.42. The minimum Gasteiger partial charge on any atom is -0.454 e. The van der Waals surface area contributed by atoms with E-state index in [4.69, 9.17) is 21.0 Å². The first-order valence-electron chi connectivity index (χ1n) is 5.21. The van der Waals surface area contributed by atoms with E-state index < -0.39 is 0 Å². The molecule has 0 aliphatic rings. The summed E-state index contributed by atoms with van der Waals surface area (Å²) in [4.78, 5) is 0. The van der Waals surface area contributed by atoms with E-state index in [1.54, 1.807) is 36.4 Å². The fourth-order valence-corrected chi connectivity index (χ4v) is 1.48. The van der Waals surface area contributed by atoms with Crippen LogP contribution in [0.2, 0.25) is 0 Å². The van der Waals surface area contributed by atoms with E-state index in [0.717, 1.165) is 0 Å². The molecule has 0 fully saturated rings.